The lowest BCUT2D eigenvalue weighted by Crippen LogP contribution is -2.28. The van der Waals surface area contributed by atoms with Gasteiger partial charge in [-0.3, -0.25) is 9.69 Å². The quantitative estimate of drug-likeness (QED) is 0.775. The maximum absolute atomic E-state index is 11.6. The lowest BCUT2D eigenvalue weighted by Gasteiger charge is -2.22. The first-order valence-corrected chi connectivity index (χ1v) is 7.35. The third-order valence-corrected chi connectivity index (χ3v) is 3.76. The standard InChI is InChI=1S/C16H25N3O/c1-18(2)16(20)4-3-11-19(15-9-10-15)12-13-5-7-14(17)8-6-13/h5-8,15H,3-4,9-12,17H2,1-2H3. The molecule has 0 aliphatic heterocycles. The van der Waals surface area contributed by atoms with E-state index in [9.17, 15) is 4.79 Å². The Hall–Kier alpha value is -1.55. The number of hydrogen-bond donors (Lipinski definition) is 1. The number of benzene rings is 1. The van der Waals surface area contributed by atoms with Crippen LogP contribution in [0.2, 0.25) is 0 Å². The molecule has 1 amide bonds. The number of nitrogens with two attached hydrogens (primary N) is 1. The average molecular weight is 275 g/mol. The van der Waals surface area contributed by atoms with E-state index in [-0.39, 0.29) is 5.91 Å². The molecule has 0 atom stereocenters. The molecule has 0 heterocycles. The van der Waals surface area contributed by atoms with Crippen molar-refractivity contribution in [2.75, 3.05) is 26.4 Å². The zero-order chi connectivity index (χ0) is 14.5. The largest absolute Gasteiger partial charge is 0.399 e. The lowest BCUT2D eigenvalue weighted by molar-refractivity contribution is -0.128. The van der Waals surface area contributed by atoms with Gasteiger partial charge in [-0.1, -0.05) is 12.1 Å². The predicted molar refractivity (Wildman–Crippen MR) is 82.2 cm³/mol. The molecule has 4 heteroatoms. The molecule has 1 aromatic carbocycles. The fourth-order valence-electron chi connectivity index (χ4n) is 2.34. The Labute approximate surface area is 121 Å². The predicted octanol–water partition coefficient (Wildman–Crippen LogP) is 2.10. The Bertz CT molecular complexity index is 438. The lowest BCUT2D eigenvalue weighted by atomic mass is 10.2. The molecule has 2 N–H and O–H groups in total. The normalized spacial score (nSPS) is 14.6. The Kier molecular flexibility index (Phi) is 5.01. The molecule has 1 aliphatic carbocycles. The van der Waals surface area contributed by atoms with E-state index in [2.05, 4.69) is 17.0 Å². The van der Waals surface area contributed by atoms with Gasteiger partial charge >= 0.3 is 0 Å². The van der Waals surface area contributed by atoms with Crippen LogP contribution in [-0.4, -0.2) is 42.4 Å². The highest BCUT2D eigenvalue weighted by atomic mass is 16.2. The number of rotatable bonds is 7. The molecule has 110 valence electrons. The van der Waals surface area contributed by atoms with Gasteiger partial charge in [-0.25, -0.2) is 0 Å². The van der Waals surface area contributed by atoms with E-state index in [0.29, 0.717) is 12.5 Å². The van der Waals surface area contributed by atoms with Crippen LogP contribution in [-0.2, 0) is 11.3 Å². The first kappa shape index (κ1) is 14.9. The molecular weight excluding hydrogens is 250 g/mol. The van der Waals surface area contributed by atoms with Crippen molar-refractivity contribution in [1.82, 2.24) is 9.80 Å². The van der Waals surface area contributed by atoms with E-state index in [1.807, 2.05) is 26.2 Å². The van der Waals surface area contributed by atoms with Crippen molar-refractivity contribution < 1.29 is 4.79 Å². The Morgan fingerprint density at radius 1 is 1.25 bits per heavy atom. The van der Waals surface area contributed by atoms with Crippen molar-refractivity contribution in [2.45, 2.75) is 38.3 Å². The van der Waals surface area contributed by atoms with Gasteiger partial charge in [0.25, 0.3) is 0 Å². The summed E-state index contributed by atoms with van der Waals surface area (Å²) in [5, 5.41) is 0. The van der Waals surface area contributed by atoms with Crippen LogP contribution in [0.1, 0.15) is 31.2 Å². The minimum Gasteiger partial charge on any atom is -0.399 e. The molecular formula is C16H25N3O. The topological polar surface area (TPSA) is 49.6 Å². The number of nitrogens with zero attached hydrogens (tertiary/aromatic N) is 2. The summed E-state index contributed by atoms with van der Waals surface area (Å²) in [6, 6.07) is 8.80. The van der Waals surface area contributed by atoms with E-state index in [0.717, 1.165) is 25.2 Å². The Morgan fingerprint density at radius 3 is 2.45 bits per heavy atom. The third-order valence-electron chi connectivity index (χ3n) is 3.76. The van der Waals surface area contributed by atoms with Gasteiger partial charge in [-0.15, -0.1) is 0 Å². The fourth-order valence-corrected chi connectivity index (χ4v) is 2.34. The number of hydrogen-bond acceptors (Lipinski definition) is 3. The fraction of sp³-hybridized carbons (Fsp3) is 0.562. The van der Waals surface area contributed by atoms with Crippen LogP contribution in [0, 0.1) is 0 Å². The summed E-state index contributed by atoms with van der Waals surface area (Å²) in [6.07, 6.45) is 4.15. The second-order valence-electron chi connectivity index (χ2n) is 5.83. The monoisotopic (exact) mass is 275 g/mol. The van der Waals surface area contributed by atoms with E-state index in [4.69, 9.17) is 5.73 Å². The molecule has 0 aromatic heterocycles. The second-order valence-corrected chi connectivity index (χ2v) is 5.83. The zero-order valence-corrected chi connectivity index (χ0v) is 12.5. The highest BCUT2D eigenvalue weighted by Crippen LogP contribution is 2.28. The van der Waals surface area contributed by atoms with Crippen LogP contribution >= 0.6 is 0 Å². The first-order chi connectivity index (χ1) is 9.56. The molecule has 2 rings (SSSR count). The van der Waals surface area contributed by atoms with Crippen LogP contribution in [0.15, 0.2) is 24.3 Å². The molecule has 0 radical (unpaired) electrons. The average Bonchev–Trinajstić information content (AvgIpc) is 3.24. The summed E-state index contributed by atoms with van der Waals surface area (Å²) >= 11 is 0. The molecule has 20 heavy (non-hydrogen) atoms. The number of nitrogen functional groups attached to an aromatic ring is 1. The van der Waals surface area contributed by atoms with Gasteiger partial charge in [-0.2, -0.15) is 0 Å². The maximum Gasteiger partial charge on any atom is 0.222 e. The third kappa shape index (κ3) is 4.53. The summed E-state index contributed by atoms with van der Waals surface area (Å²) < 4.78 is 0. The van der Waals surface area contributed by atoms with E-state index in [1.165, 1.54) is 18.4 Å². The highest BCUT2D eigenvalue weighted by molar-refractivity contribution is 5.75. The highest BCUT2D eigenvalue weighted by Gasteiger charge is 2.28. The molecule has 1 saturated carbocycles. The van der Waals surface area contributed by atoms with Gasteiger partial charge in [0.05, 0.1) is 0 Å². The number of anilines is 1. The molecule has 0 saturated heterocycles. The van der Waals surface area contributed by atoms with Crippen molar-refractivity contribution in [2.24, 2.45) is 0 Å². The molecule has 4 nitrogen and oxygen atoms in total. The minimum atomic E-state index is 0.216. The smallest absolute Gasteiger partial charge is 0.222 e. The van der Waals surface area contributed by atoms with Crippen molar-refractivity contribution >= 4 is 11.6 Å². The van der Waals surface area contributed by atoms with Crippen LogP contribution in [0.4, 0.5) is 5.69 Å². The molecule has 1 fully saturated rings. The Morgan fingerprint density at radius 2 is 1.90 bits per heavy atom. The van der Waals surface area contributed by atoms with Crippen molar-refractivity contribution in [3.63, 3.8) is 0 Å². The molecule has 1 aliphatic rings. The van der Waals surface area contributed by atoms with Gasteiger partial charge in [0.2, 0.25) is 5.91 Å². The molecule has 1 aromatic rings. The first-order valence-electron chi connectivity index (χ1n) is 7.35. The van der Waals surface area contributed by atoms with Gasteiger partial charge < -0.3 is 10.6 Å². The van der Waals surface area contributed by atoms with Crippen molar-refractivity contribution in [1.29, 1.82) is 0 Å². The van der Waals surface area contributed by atoms with Gasteiger partial charge in [0.1, 0.15) is 0 Å². The van der Waals surface area contributed by atoms with E-state index < -0.39 is 0 Å². The maximum atomic E-state index is 11.6. The number of amides is 1. The number of carbonyl (C=O) groups is 1. The molecule has 0 unspecified atom stereocenters. The van der Waals surface area contributed by atoms with Crippen LogP contribution in [0.5, 0.6) is 0 Å². The van der Waals surface area contributed by atoms with Gasteiger partial charge in [0.15, 0.2) is 0 Å². The number of carbonyl (C=O) groups excluding carboxylic acids is 1. The SMILES string of the molecule is CN(C)C(=O)CCCN(Cc1ccc(N)cc1)C1CC1. The van der Waals surface area contributed by atoms with Crippen LogP contribution < -0.4 is 5.73 Å². The van der Waals surface area contributed by atoms with Crippen molar-refractivity contribution in [3.05, 3.63) is 29.8 Å². The minimum absolute atomic E-state index is 0.216. The van der Waals surface area contributed by atoms with Gasteiger partial charge in [0, 0.05) is 38.8 Å². The van der Waals surface area contributed by atoms with E-state index in [1.54, 1.807) is 4.90 Å². The van der Waals surface area contributed by atoms with Crippen LogP contribution in [0.25, 0.3) is 0 Å². The van der Waals surface area contributed by atoms with E-state index >= 15 is 0 Å². The second kappa shape index (κ2) is 6.75. The molecule has 0 bridgehead atoms. The van der Waals surface area contributed by atoms with Gasteiger partial charge in [-0.05, 0) is 43.5 Å². The summed E-state index contributed by atoms with van der Waals surface area (Å²) in [5.74, 6) is 0.216. The summed E-state index contributed by atoms with van der Waals surface area (Å²) in [7, 11) is 3.63. The molecule has 0 spiro atoms. The van der Waals surface area contributed by atoms with Crippen LogP contribution in [0.3, 0.4) is 0 Å². The Balaban J connectivity index is 1.82. The summed E-state index contributed by atoms with van der Waals surface area (Å²) in [6.45, 7) is 1.95. The van der Waals surface area contributed by atoms with Crippen molar-refractivity contribution in [3.8, 4) is 0 Å². The summed E-state index contributed by atoms with van der Waals surface area (Å²) in [5.41, 5.74) is 7.82. The zero-order valence-electron chi connectivity index (χ0n) is 12.5. The summed E-state index contributed by atoms with van der Waals surface area (Å²) in [4.78, 5) is 15.8.